The van der Waals surface area contributed by atoms with Crippen LogP contribution in [-0.2, 0) is 16.1 Å². The lowest BCUT2D eigenvalue weighted by Crippen LogP contribution is -2.37. The number of rotatable bonds is 9. The molecule has 1 amide bonds. The lowest BCUT2D eigenvalue weighted by molar-refractivity contribution is 0.0269. The van der Waals surface area contributed by atoms with E-state index in [2.05, 4.69) is 0 Å². The fraction of sp³-hybridized carbons (Fsp3) is 0.571. The Morgan fingerprint density at radius 2 is 1.92 bits per heavy atom. The Bertz CT molecular complexity index is 566. The normalized spacial score (nSPS) is 13.4. The summed E-state index contributed by atoms with van der Waals surface area (Å²) in [5.41, 5.74) is 1.22. The standard InChI is InChI=1S/C21H32FNO3/c1-6-18(13-10-14-25-16-17-11-8-7-9-12-17)19(22)15-23(5)20(24)26-21(2,3)4/h7-9,11-13,19H,6,10,14-16H2,1-5H3. The van der Waals surface area contributed by atoms with Gasteiger partial charge < -0.3 is 14.4 Å². The highest BCUT2D eigenvalue weighted by Gasteiger charge is 2.22. The van der Waals surface area contributed by atoms with Crippen molar-refractivity contribution in [3.63, 3.8) is 0 Å². The zero-order chi connectivity index (χ0) is 19.6. The van der Waals surface area contributed by atoms with Crippen molar-refractivity contribution in [1.29, 1.82) is 0 Å². The molecule has 0 aromatic heterocycles. The van der Waals surface area contributed by atoms with Gasteiger partial charge in [0.15, 0.2) is 0 Å². The number of benzene rings is 1. The Kier molecular flexibility index (Phi) is 9.35. The molecule has 0 saturated heterocycles. The summed E-state index contributed by atoms with van der Waals surface area (Å²) in [4.78, 5) is 13.2. The molecule has 0 radical (unpaired) electrons. The maximum Gasteiger partial charge on any atom is 0.410 e. The summed E-state index contributed by atoms with van der Waals surface area (Å²) < 4.78 is 25.4. The van der Waals surface area contributed by atoms with Crippen LogP contribution in [-0.4, -0.2) is 43.0 Å². The predicted molar refractivity (Wildman–Crippen MR) is 103 cm³/mol. The van der Waals surface area contributed by atoms with Crippen molar-refractivity contribution in [3.8, 4) is 0 Å². The minimum absolute atomic E-state index is 0.0144. The van der Waals surface area contributed by atoms with Crippen molar-refractivity contribution in [2.24, 2.45) is 0 Å². The zero-order valence-corrected chi connectivity index (χ0v) is 16.6. The first-order chi connectivity index (χ1) is 12.2. The van der Waals surface area contributed by atoms with E-state index in [1.54, 1.807) is 27.8 Å². The average molecular weight is 365 g/mol. The molecule has 0 aliphatic carbocycles. The van der Waals surface area contributed by atoms with Crippen LogP contribution in [0.2, 0.25) is 0 Å². The zero-order valence-electron chi connectivity index (χ0n) is 16.6. The summed E-state index contributed by atoms with van der Waals surface area (Å²) >= 11 is 0. The highest BCUT2D eigenvalue weighted by molar-refractivity contribution is 5.67. The second-order valence-electron chi connectivity index (χ2n) is 7.29. The van der Waals surface area contributed by atoms with Gasteiger partial charge in [0.25, 0.3) is 0 Å². The van der Waals surface area contributed by atoms with E-state index in [9.17, 15) is 9.18 Å². The number of nitrogens with zero attached hydrogens (tertiary/aromatic N) is 1. The molecule has 0 fully saturated rings. The van der Waals surface area contributed by atoms with Crippen LogP contribution in [0.3, 0.4) is 0 Å². The molecular weight excluding hydrogens is 333 g/mol. The van der Waals surface area contributed by atoms with Crippen LogP contribution in [0.25, 0.3) is 0 Å². The van der Waals surface area contributed by atoms with Gasteiger partial charge in [-0.25, -0.2) is 9.18 Å². The summed E-state index contributed by atoms with van der Waals surface area (Å²) in [6.07, 6.45) is 1.40. The van der Waals surface area contributed by atoms with Crippen molar-refractivity contribution in [2.45, 2.75) is 58.9 Å². The molecule has 146 valence electrons. The molecule has 1 aromatic carbocycles. The Balaban J connectivity index is 2.40. The third kappa shape index (κ3) is 8.99. The topological polar surface area (TPSA) is 38.8 Å². The van der Waals surface area contributed by atoms with E-state index >= 15 is 0 Å². The SMILES string of the molecule is CCC(=CCCOCc1ccccc1)C(F)CN(C)C(=O)OC(C)(C)C. The molecule has 0 saturated carbocycles. The quantitative estimate of drug-likeness (QED) is 0.449. The second kappa shape index (κ2) is 11.0. The van der Waals surface area contributed by atoms with Gasteiger partial charge in [0.2, 0.25) is 0 Å². The molecule has 0 N–H and O–H groups in total. The molecule has 5 heteroatoms. The fourth-order valence-corrected chi connectivity index (χ4v) is 2.36. The van der Waals surface area contributed by atoms with Gasteiger partial charge in [0.05, 0.1) is 19.8 Å². The van der Waals surface area contributed by atoms with Gasteiger partial charge in [-0.1, -0.05) is 43.3 Å². The van der Waals surface area contributed by atoms with E-state index in [1.807, 2.05) is 43.3 Å². The van der Waals surface area contributed by atoms with Crippen molar-refractivity contribution in [3.05, 3.63) is 47.5 Å². The van der Waals surface area contributed by atoms with E-state index in [0.717, 1.165) is 5.56 Å². The number of halogens is 1. The number of carbonyl (C=O) groups excluding carboxylic acids is 1. The Morgan fingerprint density at radius 3 is 2.50 bits per heavy atom. The third-order valence-corrected chi connectivity index (χ3v) is 3.73. The largest absolute Gasteiger partial charge is 0.444 e. The van der Waals surface area contributed by atoms with Crippen LogP contribution in [0, 0.1) is 0 Å². The molecule has 0 aliphatic rings. The lowest BCUT2D eigenvalue weighted by Gasteiger charge is -2.26. The highest BCUT2D eigenvalue weighted by atomic mass is 19.1. The number of carbonyl (C=O) groups is 1. The minimum Gasteiger partial charge on any atom is -0.444 e. The lowest BCUT2D eigenvalue weighted by atomic mass is 10.1. The van der Waals surface area contributed by atoms with Gasteiger partial charge in [-0.05, 0) is 44.7 Å². The van der Waals surface area contributed by atoms with Crippen molar-refractivity contribution in [2.75, 3.05) is 20.2 Å². The number of hydrogen-bond acceptors (Lipinski definition) is 3. The Morgan fingerprint density at radius 1 is 1.27 bits per heavy atom. The average Bonchev–Trinajstić information content (AvgIpc) is 2.57. The fourth-order valence-electron chi connectivity index (χ4n) is 2.36. The number of ether oxygens (including phenoxy) is 2. The van der Waals surface area contributed by atoms with Gasteiger partial charge in [0.1, 0.15) is 11.8 Å². The first kappa shape index (κ1) is 22.2. The van der Waals surface area contributed by atoms with E-state index in [0.29, 0.717) is 31.6 Å². The molecular formula is C21H32FNO3. The first-order valence-corrected chi connectivity index (χ1v) is 9.11. The molecule has 0 heterocycles. The van der Waals surface area contributed by atoms with Crippen LogP contribution in [0.5, 0.6) is 0 Å². The van der Waals surface area contributed by atoms with E-state index in [-0.39, 0.29) is 6.54 Å². The maximum atomic E-state index is 14.5. The smallest absolute Gasteiger partial charge is 0.410 e. The van der Waals surface area contributed by atoms with Crippen LogP contribution < -0.4 is 0 Å². The third-order valence-electron chi connectivity index (χ3n) is 3.73. The van der Waals surface area contributed by atoms with Gasteiger partial charge in [-0.3, -0.25) is 0 Å². The molecule has 4 nitrogen and oxygen atoms in total. The molecule has 1 aromatic rings. The molecule has 0 bridgehead atoms. The molecule has 0 spiro atoms. The van der Waals surface area contributed by atoms with Gasteiger partial charge in [-0.2, -0.15) is 0 Å². The second-order valence-corrected chi connectivity index (χ2v) is 7.29. The highest BCUT2D eigenvalue weighted by Crippen LogP contribution is 2.15. The Hall–Kier alpha value is -1.88. The Labute approximate surface area is 157 Å². The first-order valence-electron chi connectivity index (χ1n) is 9.11. The van der Waals surface area contributed by atoms with Crippen molar-refractivity contribution < 1.29 is 18.7 Å². The summed E-state index contributed by atoms with van der Waals surface area (Å²) in [7, 11) is 1.55. The van der Waals surface area contributed by atoms with E-state index < -0.39 is 17.9 Å². The molecule has 1 atom stereocenters. The monoisotopic (exact) mass is 365 g/mol. The molecule has 1 unspecified atom stereocenters. The predicted octanol–water partition coefficient (Wildman–Crippen LogP) is 5.13. The summed E-state index contributed by atoms with van der Waals surface area (Å²) in [6, 6.07) is 9.94. The van der Waals surface area contributed by atoms with Gasteiger partial charge in [-0.15, -0.1) is 0 Å². The summed E-state index contributed by atoms with van der Waals surface area (Å²) in [5.74, 6) is 0. The number of alkyl halides is 1. The maximum absolute atomic E-state index is 14.5. The molecule has 1 rings (SSSR count). The van der Waals surface area contributed by atoms with Crippen LogP contribution in [0.1, 0.15) is 46.1 Å². The summed E-state index contributed by atoms with van der Waals surface area (Å²) in [6.45, 7) is 8.36. The molecule has 0 aliphatic heterocycles. The van der Waals surface area contributed by atoms with Gasteiger partial charge >= 0.3 is 6.09 Å². The van der Waals surface area contributed by atoms with Crippen LogP contribution in [0.4, 0.5) is 9.18 Å². The number of amides is 1. The van der Waals surface area contributed by atoms with Crippen LogP contribution >= 0.6 is 0 Å². The van der Waals surface area contributed by atoms with Crippen LogP contribution in [0.15, 0.2) is 42.0 Å². The van der Waals surface area contributed by atoms with E-state index in [4.69, 9.17) is 9.47 Å². The van der Waals surface area contributed by atoms with Crippen molar-refractivity contribution >= 4 is 6.09 Å². The summed E-state index contributed by atoms with van der Waals surface area (Å²) in [5, 5.41) is 0. The minimum atomic E-state index is -1.20. The number of hydrogen-bond donors (Lipinski definition) is 0. The van der Waals surface area contributed by atoms with E-state index in [1.165, 1.54) is 4.90 Å². The molecule has 26 heavy (non-hydrogen) atoms. The van der Waals surface area contributed by atoms with Crippen molar-refractivity contribution in [1.82, 2.24) is 4.90 Å². The van der Waals surface area contributed by atoms with Gasteiger partial charge in [0, 0.05) is 7.05 Å².